The van der Waals surface area contributed by atoms with Crippen LogP contribution in [0.15, 0.2) is 24.3 Å². The third kappa shape index (κ3) is 2.96. The van der Waals surface area contributed by atoms with E-state index in [1.165, 1.54) is 12.1 Å². The van der Waals surface area contributed by atoms with Crippen LogP contribution < -0.4 is 5.32 Å². The van der Waals surface area contributed by atoms with E-state index in [-0.39, 0.29) is 23.7 Å². The smallest absolute Gasteiger partial charge is 0.269 e. The van der Waals surface area contributed by atoms with E-state index < -0.39 is 4.92 Å². The summed E-state index contributed by atoms with van der Waals surface area (Å²) in [6.07, 6.45) is 1.86. The van der Waals surface area contributed by atoms with E-state index in [9.17, 15) is 14.9 Å². The number of nitro groups is 1. The van der Waals surface area contributed by atoms with E-state index in [0.717, 1.165) is 24.9 Å². The average Bonchev–Trinajstić information content (AvgIpc) is 2.99. The highest BCUT2D eigenvalue weighted by Gasteiger charge is 2.28. The van der Waals surface area contributed by atoms with Crippen molar-refractivity contribution in [1.82, 2.24) is 10.2 Å². The minimum atomic E-state index is -0.420. The van der Waals surface area contributed by atoms with E-state index in [0.29, 0.717) is 0 Å². The van der Waals surface area contributed by atoms with Crippen LogP contribution in [-0.2, 0) is 4.79 Å². The SMILES string of the molecule is CC(c1cccc([N+](=O)[O-])c1)N(C)C(=O)C1CCCN1. The molecular weight excluding hydrogens is 258 g/mol. The Balaban J connectivity index is 2.13. The van der Waals surface area contributed by atoms with Crippen molar-refractivity contribution in [2.75, 3.05) is 13.6 Å². The summed E-state index contributed by atoms with van der Waals surface area (Å²) in [5, 5.41) is 14.0. The van der Waals surface area contributed by atoms with Gasteiger partial charge in [-0.25, -0.2) is 0 Å². The lowest BCUT2D eigenvalue weighted by Crippen LogP contribution is -2.42. The predicted molar refractivity (Wildman–Crippen MR) is 75.3 cm³/mol. The van der Waals surface area contributed by atoms with Gasteiger partial charge in [-0.1, -0.05) is 12.1 Å². The number of nitrogens with zero attached hydrogens (tertiary/aromatic N) is 2. The number of hydrogen-bond donors (Lipinski definition) is 1. The number of likely N-dealkylation sites (N-methyl/N-ethyl adjacent to an activating group) is 1. The van der Waals surface area contributed by atoms with Gasteiger partial charge in [0.05, 0.1) is 17.0 Å². The second-order valence-electron chi connectivity index (χ2n) is 5.13. The molecule has 108 valence electrons. The molecule has 1 heterocycles. The molecule has 1 saturated heterocycles. The molecule has 1 aliphatic rings. The Kier molecular flexibility index (Phi) is 4.34. The number of benzene rings is 1. The van der Waals surface area contributed by atoms with Crippen molar-refractivity contribution in [2.24, 2.45) is 0 Å². The maximum Gasteiger partial charge on any atom is 0.269 e. The Labute approximate surface area is 117 Å². The molecule has 1 N–H and O–H groups in total. The van der Waals surface area contributed by atoms with Gasteiger partial charge in [-0.2, -0.15) is 0 Å². The zero-order valence-corrected chi connectivity index (χ0v) is 11.7. The molecule has 2 unspecified atom stereocenters. The molecule has 1 aromatic rings. The number of carbonyl (C=O) groups excluding carboxylic acids is 1. The zero-order chi connectivity index (χ0) is 14.7. The van der Waals surface area contributed by atoms with Crippen molar-refractivity contribution in [3.8, 4) is 0 Å². The van der Waals surface area contributed by atoms with E-state index >= 15 is 0 Å². The lowest BCUT2D eigenvalue weighted by atomic mass is 10.1. The topological polar surface area (TPSA) is 75.5 Å². The first-order valence-corrected chi connectivity index (χ1v) is 6.75. The Morgan fingerprint density at radius 2 is 2.30 bits per heavy atom. The summed E-state index contributed by atoms with van der Waals surface area (Å²) in [5.41, 5.74) is 0.822. The van der Waals surface area contributed by atoms with Crippen LogP contribution in [0.2, 0.25) is 0 Å². The van der Waals surface area contributed by atoms with Gasteiger partial charge in [0, 0.05) is 19.2 Å². The second kappa shape index (κ2) is 6.00. The van der Waals surface area contributed by atoms with Crippen molar-refractivity contribution >= 4 is 11.6 Å². The summed E-state index contributed by atoms with van der Waals surface area (Å²) in [6, 6.07) is 6.12. The molecule has 0 bridgehead atoms. The fraction of sp³-hybridized carbons (Fsp3) is 0.500. The largest absolute Gasteiger partial charge is 0.338 e. The number of amides is 1. The number of nitro benzene ring substituents is 1. The second-order valence-corrected chi connectivity index (χ2v) is 5.13. The molecule has 1 fully saturated rings. The first-order chi connectivity index (χ1) is 9.50. The molecule has 0 aromatic heterocycles. The number of hydrogen-bond acceptors (Lipinski definition) is 4. The summed E-state index contributed by atoms with van der Waals surface area (Å²) in [5.74, 6) is 0.0431. The van der Waals surface area contributed by atoms with Crippen molar-refractivity contribution in [2.45, 2.75) is 31.8 Å². The first kappa shape index (κ1) is 14.5. The van der Waals surface area contributed by atoms with E-state index in [1.54, 1.807) is 18.0 Å². The van der Waals surface area contributed by atoms with Gasteiger partial charge in [-0.05, 0) is 31.9 Å². The molecule has 20 heavy (non-hydrogen) atoms. The van der Waals surface area contributed by atoms with Gasteiger partial charge in [0.2, 0.25) is 5.91 Å². The maximum absolute atomic E-state index is 12.3. The lowest BCUT2D eigenvalue weighted by molar-refractivity contribution is -0.384. The predicted octanol–water partition coefficient (Wildman–Crippen LogP) is 1.87. The first-order valence-electron chi connectivity index (χ1n) is 6.75. The maximum atomic E-state index is 12.3. The van der Waals surface area contributed by atoms with E-state index in [4.69, 9.17) is 0 Å². The summed E-state index contributed by atoms with van der Waals surface area (Å²) in [6.45, 7) is 2.75. The fourth-order valence-electron chi connectivity index (χ4n) is 2.45. The summed E-state index contributed by atoms with van der Waals surface area (Å²) in [4.78, 5) is 24.3. The van der Waals surface area contributed by atoms with Gasteiger partial charge in [-0.15, -0.1) is 0 Å². The van der Waals surface area contributed by atoms with Crippen molar-refractivity contribution in [1.29, 1.82) is 0 Å². The summed E-state index contributed by atoms with van der Waals surface area (Å²) >= 11 is 0. The van der Waals surface area contributed by atoms with Crippen LogP contribution in [-0.4, -0.2) is 35.4 Å². The third-order valence-electron chi connectivity index (χ3n) is 3.85. The van der Waals surface area contributed by atoms with Gasteiger partial charge >= 0.3 is 0 Å². The van der Waals surface area contributed by atoms with Crippen LogP contribution in [0.25, 0.3) is 0 Å². The van der Waals surface area contributed by atoms with Gasteiger partial charge in [-0.3, -0.25) is 14.9 Å². The Morgan fingerprint density at radius 1 is 1.55 bits per heavy atom. The van der Waals surface area contributed by atoms with Gasteiger partial charge in [0.1, 0.15) is 0 Å². The monoisotopic (exact) mass is 277 g/mol. The highest BCUT2D eigenvalue weighted by molar-refractivity contribution is 5.82. The third-order valence-corrected chi connectivity index (χ3v) is 3.85. The van der Waals surface area contributed by atoms with Crippen LogP contribution >= 0.6 is 0 Å². The molecule has 6 heteroatoms. The number of carbonyl (C=O) groups is 1. The number of non-ortho nitro benzene ring substituents is 1. The minimum absolute atomic E-state index is 0.0431. The molecule has 0 saturated carbocycles. The van der Waals surface area contributed by atoms with Gasteiger partial charge < -0.3 is 10.2 Å². The van der Waals surface area contributed by atoms with Crippen LogP contribution in [0.1, 0.15) is 31.4 Å². The average molecular weight is 277 g/mol. The lowest BCUT2D eigenvalue weighted by Gasteiger charge is -2.27. The van der Waals surface area contributed by atoms with E-state index in [2.05, 4.69) is 5.32 Å². The molecule has 0 aliphatic carbocycles. The number of nitrogens with one attached hydrogen (secondary N) is 1. The Hall–Kier alpha value is -1.95. The van der Waals surface area contributed by atoms with Crippen LogP contribution in [0.3, 0.4) is 0 Å². The fourth-order valence-corrected chi connectivity index (χ4v) is 2.45. The quantitative estimate of drug-likeness (QED) is 0.673. The molecular formula is C14H19N3O3. The summed E-state index contributed by atoms with van der Waals surface area (Å²) < 4.78 is 0. The van der Waals surface area contributed by atoms with Crippen molar-refractivity contribution in [3.63, 3.8) is 0 Å². The highest BCUT2D eigenvalue weighted by atomic mass is 16.6. The van der Waals surface area contributed by atoms with Gasteiger partial charge in [0.15, 0.2) is 0 Å². The van der Waals surface area contributed by atoms with Crippen molar-refractivity contribution in [3.05, 3.63) is 39.9 Å². The Bertz CT molecular complexity index is 512. The molecule has 1 amide bonds. The molecule has 0 radical (unpaired) electrons. The molecule has 0 spiro atoms. The molecule has 6 nitrogen and oxygen atoms in total. The standard InChI is InChI=1S/C14H19N3O3/c1-10(11-5-3-6-12(9-11)17(19)20)16(2)14(18)13-7-4-8-15-13/h3,5-6,9-10,13,15H,4,7-8H2,1-2H3. The van der Waals surface area contributed by atoms with Gasteiger partial charge in [0.25, 0.3) is 5.69 Å². The normalized spacial score (nSPS) is 19.6. The van der Waals surface area contributed by atoms with Crippen LogP contribution in [0.4, 0.5) is 5.69 Å². The zero-order valence-electron chi connectivity index (χ0n) is 11.7. The van der Waals surface area contributed by atoms with Crippen molar-refractivity contribution < 1.29 is 9.72 Å². The molecule has 1 aromatic carbocycles. The summed E-state index contributed by atoms with van der Waals surface area (Å²) in [7, 11) is 1.74. The van der Waals surface area contributed by atoms with Crippen LogP contribution in [0, 0.1) is 10.1 Å². The number of rotatable bonds is 4. The van der Waals surface area contributed by atoms with E-state index in [1.807, 2.05) is 13.0 Å². The molecule has 2 rings (SSSR count). The highest BCUT2D eigenvalue weighted by Crippen LogP contribution is 2.24. The molecule has 2 atom stereocenters. The molecule has 1 aliphatic heterocycles. The Morgan fingerprint density at radius 3 is 2.90 bits per heavy atom. The minimum Gasteiger partial charge on any atom is -0.338 e. The van der Waals surface area contributed by atoms with Crippen LogP contribution in [0.5, 0.6) is 0 Å².